The van der Waals surface area contributed by atoms with E-state index in [0.717, 1.165) is 12.1 Å². The third-order valence-electron chi connectivity index (χ3n) is 4.05. The summed E-state index contributed by atoms with van der Waals surface area (Å²) in [6.45, 7) is 10.9. The fourth-order valence-electron chi connectivity index (χ4n) is 2.91. The van der Waals surface area contributed by atoms with Crippen molar-refractivity contribution in [3.8, 4) is 0 Å². The van der Waals surface area contributed by atoms with E-state index in [1.54, 1.807) is 0 Å². The van der Waals surface area contributed by atoms with Gasteiger partial charge in [0.25, 0.3) is 0 Å². The third-order valence-corrected chi connectivity index (χ3v) is 4.05. The highest BCUT2D eigenvalue weighted by Gasteiger charge is 2.49. The van der Waals surface area contributed by atoms with Gasteiger partial charge in [-0.1, -0.05) is 27.2 Å². The first kappa shape index (κ1) is 11.4. The zero-order valence-electron chi connectivity index (χ0n) is 10.6. The molecule has 15 heavy (non-hydrogen) atoms. The molecule has 1 heterocycles. The van der Waals surface area contributed by atoms with E-state index in [1.165, 1.54) is 45.3 Å². The number of hydrogen-bond donors (Lipinski definition) is 1. The van der Waals surface area contributed by atoms with Crippen molar-refractivity contribution in [2.75, 3.05) is 19.6 Å². The highest BCUT2D eigenvalue weighted by molar-refractivity contribution is 5.03. The highest BCUT2D eigenvalue weighted by atomic mass is 15.2. The summed E-state index contributed by atoms with van der Waals surface area (Å²) in [6.07, 6.45) is 5.38. The molecule has 2 aliphatic rings. The maximum Gasteiger partial charge on any atom is 0.0195 e. The second-order valence-corrected chi connectivity index (χ2v) is 6.00. The van der Waals surface area contributed by atoms with Crippen LogP contribution >= 0.6 is 0 Å². The molecular weight excluding hydrogens is 184 g/mol. The third kappa shape index (κ3) is 2.73. The minimum atomic E-state index is 0.598. The summed E-state index contributed by atoms with van der Waals surface area (Å²) in [5.41, 5.74) is 0.598. The smallest absolute Gasteiger partial charge is 0.0195 e. The second-order valence-electron chi connectivity index (χ2n) is 6.00. The Hall–Kier alpha value is -0.0800. The first-order valence-electron chi connectivity index (χ1n) is 6.61. The van der Waals surface area contributed by atoms with Gasteiger partial charge in [0.2, 0.25) is 0 Å². The highest BCUT2D eigenvalue weighted by Crippen LogP contribution is 2.48. The molecule has 1 aliphatic carbocycles. The van der Waals surface area contributed by atoms with Gasteiger partial charge in [-0.25, -0.2) is 0 Å². The predicted molar refractivity (Wildman–Crippen MR) is 65.1 cm³/mol. The lowest BCUT2D eigenvalue weighted by molar-refractivity contribution is 0.227. The lowest BCUT2D eigenvalue weighted by atomic mass is 10.1. The van der Waals surface area contributed by atoms with Gasteiger partial charge in [-0.15, -0.1) is 0 Å². The maximum absolute atomic E-state index is 3.68. The summed E-state index contributed by atoms with van der Waals surface area (Å²) < 4.78 is 0. The Balaban J connectivity index is 1.88. The Morgan fingerprint density at radius 2 is 2.13 bits per heavy atom. The molecule has 2 rings (SSSR count). The average Bonchev–Trinajstić information content (AvgIpc) is 2.85. The zero-order chi connectivity index (χ0) is 10.9. The number of hydrogen-bond acceptors (Lipinski definition) is 2. The summed E-state index contributed by atoms with van der Waals surface area (Å²) in [7, 11) is 0. The summed E-state index contributed by atoms with van der Waals surface area (Å²) in [4.78, 5) is 2.74. The molecule has 0 aromatic rings. The summed E-state index contributed by atoms with van der Waals surface area (Å²) in [5.74, 6) is 0. The van der Waals surface area contributed by atoms with Crippen LogP contribution in [0.25, 0.3) is 0 Å². The van der Waals surface area contributed by atoms with Gasteiger partial charge in [-0.2, -0.15) is 0 Å². The Morgan fingerprint density at radius 3 is 2.73 bits per heavy atom. The molecule has 2 atom stereocenters. The minimum absolute atomic E-state index is 0.598. The largest absolute Gasteiger partial charge is 0.313 e. The van der Waals surface area contributed by atoms with Crippen LogP contribution in [0.3, 0.4) is 0 Å². The Kier molecular flexibility index (Phi) is 3.36. The number of nitrogens with zero attached hydrogens (tertiary/aromatic N) is 1. The lowest BCUT2D eigenvalue weighted by Crippen LogP contribution is -2.39. The van der Waals surface area contributed by atoms with Crippen molar-refractivity contribution in [2.24, 2.45) is 5.41 Å². The van der Waals surface area contributed by atoms with Crippen LogP contribution in [-0.2, 0) is 0 Å². The molecule has 88 valence electrons. The molecule has 1 saturated heterocycles. The van der Waals surface area contributed by atoms with E-state index in [-0.39, 0.29) is 0 Å². The monoisotopic (exact) mass is 210 g/mol. The molecule has 2 nitrogen and oxygen atoms in total. The van der Waals surface area contributed by atoms with E-state index in [2.05, 4.69) is 31.0 Å². The van der Waals surface area contributed by atoms with Gasteiger partial charge in [-0.05, 0) is 37.8 Å². The van der Waals surface area contributed by atoms with Crippen LogP contribution < -0.4 is 5.32 Å². The van der Waals surface area contributed by atoms with E-state index < -0.39 is 0 Å². The first-order chi connectivity index (χ1) is 7.13. The molecule has 1 N–H and O–H groups in total. The number of rotatable bonds is 3. The van der Waals surface area contributed by atoms with Crippen LogP contribution in [0.15, 0.2) is 0 Å². The summed E-state index contributed by atoms with van der Waals surface area (Å²) >= 11 is 0. The summed E-state index contributed by atoms with van der Waals surface area (Å²) in [6, 6.07) is 1.62. The predicted octanol–water partition coefficient (Wildman–Crippen LogP) is 2.25. The van der Waals surface area contributed by atoms with Crippen molar-refractivity contribution in [1.82, 2.24) is 10.2 Å². The van der Waals surface area contributed by atoms with E-state index in [1.807, 2.05) is 0 Å². The quantitative estimate of drug-likeness (QED) is 0.768. The van der Waals surface area contributed by atoms with E-state index in [0.29, 0.717) is 5.41 Å². The normalized spacial score (nSPS) is 36.2. The van der Waals surface area contributed by atoms with E-state index >= 15 is 0 Å². The van der Waals surface area contributed by atoms with Crippen molar-refractivity contribution in [3.63, 3.8) is 0 Å². The summed E-state index contributed by atoms with van der Waals surface area (Å²) in [5, 5.41) is 3.68. The van der Waals surface area contributed by atoms with E-state index in [9.17, 15) is 0 Å². The fraction of sp³-hybridized carbons (Fsp3) is 1.00. The molecule has 2 fully saturated rings. The van der Waals surface area contributed by atoms with Gasteiger partial charge in [0, 0.05) is 18.6 Å². The van der Waals surface area contributed by atoms with Crippen molar-refractivity contribution in [2.45, 2.75) is 58.5 Å². The molecule has 1 aliphatic heterocycles. The Labute approximate surface area is 94.4 Å². The van der Waals surface area contributed by atoms with E-state index in [4.69, 9.17) is 0 Å². The topological polar surface area (TPSA) is 15.3 Å². The van der Waals surface area contributed by atoms with Crippen molar-refractivity contribution in [1.29, 1.82) is 0 Å². The van der Waals surface area contributed by atoms with Crippen LogP contribution in [0.1, 0.15) is 46.5 Å². The van der Waals surface area contributed by atoms with Crippen molar-refractivity contribution >= 4 is 0 Å². The van der Waals surface area contributed by atoms with Crippen LogP contribution in [-0.4, -0.2) is 36.6 Å². The SMILES string of the molecule is CCCC1CN(C2CC2(C)C)CCCN1. The van der Waals surface area contributed by atoms with Crippen molar-refractivity contribution in [3.05, 3.63) is 0 Å². The molecule has 2 heteroatoms. The Morgan fingerprint density at radius 1 is 1.40 bits per heavy atom. The van der Waals surface area contributed by atoms with Crippen LogP contribution in [0, 0.1) is 5.41 Å². The molecule has 1 saturated carbocycles. The Bertz CT molecular complexity index is 213. The van der Waals surface area contributed by atoms with Crippen LogP contribution in [0.4, 0.5) is 0 Å². The maximum atomic E-state index is 3.68. The van der Waals surface area contributed by atoms with Gasteiger partial charge < -0.3 is 5.32 Å². The van der Waals surface area contributed by atoms with Crippen molar-refractivity contribution < 1.29 is 0 Å². The molecular formula is C13H26N2. The standard InChI is InChI=1S/C13H26N2/c1-4-6-11-10-15(8-5-7-14-11)12-9-13(12,2)3/h11-12,14H,4-10H2,1-3H3. The van der Waals surface area contributed by atoms with Gasteiger partial charge in [0.05, 0.1) is 0 Å². The van der Waals surface area contributed by atoms with Gasteiger partial charge in [0.1, 0.15) is 0 Å². The average molecular weight is 210 g/mol. The number of nitrogens with one attached hydrogen (secondary N) is 1. The molecule has 0 aromatic carbocycles. The van der Waals surface area contributed by atoms with Gasteiger partial charge in [0.15, 0.2) is 0 Å². The molecule has 0 spiro atoms. The molecule has 2 unspecified atom stereocenters. The molecule has 0 amide bonds. The van der Waals surface area contributed by atoms with Crippen LogP contribution in [0.5, 0.6) is 0 Å². The first-order valence-corrected chi connectivity index (χ1v) is 6.61. The van der Waals surface area contributed by atoms with Crippen LogP contribution in [0.2, 0.25) is 0 Å². The van der Waals surface area contributed by atoms with Gasteiger partial charge >= 0.3 is 0 Å². The molecule has 0 aromatic heterocycles. The zero-order valence-corrected chi connectivity index (χ0v) is 10.6. The van der Waals surface area contributed by atoms with Gasteiger partial charge in [-0.3, -0.25) is 4.90 Å². The lowest BCUT2D eigenvalue weighted by Gasteiger charge is -2.25. The molecule has 0 bridgehead atoms. The molecule has 0 radical (unpaired) electrons. The minimum Gasteiger partial charge on any atom is -0.313 e. The second kappa shape index (κ2) is 4.42. The fourth-order valence-corrected chi connectivity index (χ4v) is 2.91.